The summed E-state index contributed by atoms with van der Waals surface area (Å²) in [4.78, 5) is 2.44. The molecule has 0 aliphatic carbocycles. The number of likely N-dealkylation sites (N-methyl/N-ethyl adjacent to an activating group) is 1. The van der Waals surface area contributed by atoms with Gasteiger partial charge < -0.3 is 0 Å². The van der Waals surface area contributed by atoms with E-state index < -0.39 is 10.0 Å². The van der Waals surface area contributed by atoms with Gasteiger partial charge in [-0.25, -0.2) is 8.42 Å². The third-order valence-electron chi connectivity index (χ3n) is 3.95. The van der Waals surface area contributed by atoms with Gasteiger partial charge in [-0.15, -0.1) is 0 Å². The number of benzene rings is 1. The molecule has 6 heteroatoms. The lowest BCUT2D eigenvalue weighted by Crippen LogP contribution is -2.56. The number of hydrogen-bond donors (Lipinski definition) is 0. The highest BCUT2D eigenvalue weighted by Gasteiger charge is 2.34. The van der Waals surface area contributed by atoms with Crippen molar-refractivity contribution in [1.29, 1.82) is 5.26 Å². The SMILES string of the molecule is CC1CN(S(=O)(=O)c2ccc(C#N)cc2)CC(C)N1C. The molecular formula is C14H19N3O2S. The number of hydrogen-bond acceptors (Lipinski definition) is 4. The van der Waals surface area contributed by atoms with Gasteiger partial charge in [0.25, 0.3) is 0 Å². The Balaban J connectivity index is 2.28. The van der Waals surface area contributed by atoms with Crippen LogP contribution in [-0.2, 0) is 10.0 Å². The zero-order valence-electron chi connectivity index (χ0n) is 11.9. The number of nitriles is 1. The Labute approximate surface area is 120 Å². The Morgan fingerprint density at radius 1 is 1.15 bits per heavy atom. The van der Waals surface area contributed by atoms with Crippen molar-refractivity contribution in [3.05, 3.63) is 29.8 Å². The molecule has 2 atom stereocenters. The van der Waals surface area contributed by atoms with Gasteiger partial charge in [0.15, 0.2) is 0 Å². The van der Waals surface area contributed by atoms with Crippen molar-refractivity contribution in [1.82, 2.24) is 9.21 Å². The molecule has 5 nitrogen and oxygen atoms in total. The van der Waals surface area contributed by atoms with Crippen LogP contribution in [0, 0.1) is 11.3 Å². The first kappa shape index (κ1) is 15.0. The van der Waals surface area contributed by atoms with Gasteiger partial charge in [0.2, 0.25) is 10.0 Å². The van der Waals surface area contributed by atoms with Crippen LogP contribution in [-0.4, -0.2) is 49.8 Å². The van der Waals surface area contributed by atoms with Crippen LogP contribution in [0.15, 0.2) is 29.2 Å². The first-order valence-corrected chi connectivity index (χ1v) is 8.02. The van der Waals surface area contributed by atoms with Gasteiger partial charge in [-0.05, 0) is 45.2 Å². The van der Waals surface area contributed by atoms with E-state index in [-0.39, 0.29) is 17.0 Å². The minimum absolute atomic E-state index is 0.187. The van der Waals surface area contributed by atoms with E-state index in [1.165, 1.54) is 28.6 Å². The van der Waals surface area contributed by atoms with Crippen LogP contribution >= 0.6 is 0 Å². The molecule has 108 valence electrons. The maximum absolute atomic E-state index is 12.6. The van der Waals surface area contributed by atoms with Crippen LogP contribution in [0.4, 0.5) is 0 Å². The van der Waals surface area contributed by atoms with Crippen molar-refractivity contribution in [3.8, 4) is 6.07 Å². The summed E-state index contributed by atoms with van der Waals surface area (Å²) in [6.07, 6.45) is 0. The molecule has 0 N–H and O–H groups in total. The predicted molar refractivity (Wildman–Crippen MR) is 76.6 cm³/mol. The van der Waals surface area contributed by atoms with Crippen LogP contribution < -0.4 is 0 Å². The highest BCUT2D eigenvalue weighted by molar-refractivity contribution is 7.89. The van der Waals surface area contributed by atoms with Crippen LogP contribution in [0.2, 0.25) is 0 Å². The van der Waals surface area contributed by atoms with Crippen molar-refractivity contribution in [2.45, 2.75) is 30.8 Å². The lowest BCUT2D eigenvalue weighted by atomic mass is 10.1. The topological polar surface area (TPSA) is 64.4 Å². The molecule has 0 bridgehead atoms. The molecule has 0 spiro atoms. The van der Waals surface area contributed by atoms with Crippen molar-refractivity contribution < 1.29 is 8.42 Å². The van der Waals surface area contributed by atoms with Gasteiger partial charge in [0.1, 0.15) is 0 Å². The normalized spacial score (nSPS) is 25.3. The molecule has 1 saturated heterocycles. The smallest absolute Gasteiger partial charge is 0.243 e. The molecule has 1 aromatic carbocycles. The molecule has 0 aromatic heterocycles. The summed E-state index contributed by atoms with van der Waals surface area (Å²) in [5.74, 6) is 0. The summed E-state index contributed by atoms with van der Waals surface area (Å²) in [6, 6.07) is 8.44. The van der Waals surface area contributed by atoms with Gasteiger partial charge in [-0.2, -0.15) is 9.57 Å². The molecule has 0 amide bonds. The minimum atomic E-state index is -3.48. The van der Waals surface area contributed by atoms with E-state index in [4.69, 9.17) is 5.26 Å². The van der Waals surface area contributed by atoms with Crippen molar-refractivity contribution in [2.24, 2.45) is 0 Å². The van der Waals surface area contributed by atoms with Crippen molar-refractivity contribution in [2.75, 3.05) is 20.1 Å². The maximum atomic E-state index is 12.6. The summed E-state index contributed by atoms with van der Waals surface area (Å²) < 4.78 is 26.7. The Hall–Kier alpha value is -1.42. The lowest BCUT2D eigenvalue weighted by Gasteiger charge is -2.41. The zero-order chi connectivity index (χ0) is 14.9. The molecule has 1 aliphatic rings. The Bertz CT molecular complexity index is 607. The van der Waals surface area contributed by atoms with Crippen LogP contribution in [0.25, 0.3) is 0 Å². The molecule has 20 heavy (non-hydrogen) atoms. The molecule has 0 saturated carbocycles. The average molecular weight is 293 g/mol. The highest BCUT2D eigenvalue weighted by atomic mass is 32.2. The fourth-order valence-electron chi connectivity index (χ4n) is 2.40. The number of nitrogens with zero attached hydrogens (tertiary/aromatic N) is 3. The molecule has 1 fully saturated rings. The fourth-order valence-corrected chi connectivity index (χ4v) is 4.00. The second-order valence-electron chi connectivity index (χ2n) is 5.32. The highest BCUT2D eigenvalue weighted by Crippen LogP contribution is 2.22. The molecule has 0 radical (unpaired) electrons. The van der Waals surface area contributed by atoms with Gasteiger partial charge in [-0.1, -0.05) is 0 Å². The quantitative estimate of drug-likeness (QED) is 0.824. The molecular weight excluding hydrogens is 274 g/mol. The largest absolute Gasteiger partial charge is 0.298 e. The monoisotopic (exact) mass is 293 g/mol. The van der Waals surface area contributed by atoms with Gasteiger partial charge >= 0.3 is 0 Å². The van der Waals surface area contributed by atoms with Crippen molar-refractivity contribution in [3.63, 3.8) is 0 Å². The first-order valence-electron chi connectivity index (χ1n) is 6.58. The van der Waals surface area contributed by atoms with Gasteiger partial charge in [0, 0.05) is 25.2 Å². The van der Waals surface area contributed by atoms with E-state index in [2.05, 4.69) is 4.90 Å². The van der Waals surface area contributed by atoms with E-state index in [9.17, 15) is 8.42 Å². The zero-order valence-corrected chi connectivity index (χ0v) is 12.8. The van der Waals surface area contributed by atoms with Crippen molar-refractivity contribution >= 4 is 10.0 Å². The second kappa shape index (κ2) is 5.52. The van der Waals surface area contributed by atoms with Crippen LogP contribution in [0.1, 0.15) is 19.4 Å². The molecule has 1 heterocycles. The maximum Gasteiger partial charge on any atom is 0.243 e. The standard InChI is InChI=1S/C14H19N3O2S/c1-11-9-17(10-12(2)16(11)3)20(18,19)14-6-4-13(8-15)5-7-14/h4-7,11-12H,9-10H2,1-3H3. The average Bonchev–Trinajstić information content (AvgIpc) is 2.44. The fraction of sp³-hybridized carbons (Fsp3) is 0.500. The molecule has 2 unspecified atom stereocenters. The third kappa shape index (κ3) is 2.70. The molecule has 2 rings (SSSR count). The summed E-state index contributed by atoms with van der Waals surface area (Å²) in [7, 11) is -1.46. The third-order valence-corrected chi connectivity index (χ3v) is 5.79. The van der Waals surface area contributed by atoms with Crippen LogP contribution in [0.5, 0.6) is 0 Å². The summed E-state index contributed by atoms with van der Waals surface area (Å²) in [5.41, 5.74) is 0.462. The Morgan fingerprint density at radius 3 is 2.10 bits per heavy atom. The first-order chi connectivity index (χ1) is 9.36. The van der Waals surface area contributed by atoms with E-state index in [1.807, 2.05) is 27.0 Å². The summed E-state index contributed by atoms with van der Waals surface area (Å²) in [6.45, 7) is 5.03. The van der Waals surface area contributed by atoms with Gasteiger partial charge in [-0.3, -0.25) is 4.90 Å². The van der Waals surface area contributed by atoms with E-state index in [0.717, 1.165) is 0 Å². The minimum Gasteiger partial charge on any atom is -0.298 e. The number of rotatable bonds is 2. The summed E-state index contributed by atoms with van der Waals surface area (Å²) >= 11 is 0. The van der Waals surface area contributed by atoms with E-state index >= 15 is 0 Å². The van der Waals surface area contributed by atoms with Gasteiger partial charge in [0.05, 0.1) is 16.5 Å². The Kier molecular flexibility index (Phi) is 4.14. The van der Waals surface area contributed by atoms with Crippen LogP contribution in [0.3, 0.4) is 0 Å². The molecule has 1 aliphatic heterocycles. The second-order valence-corrected chi connectivity index (χ2v) is 7.26. The lowest BCUT2D eigenvalue weighted by molar-refractivity contribution is 0.105. The van der Waals surface area contributed by atoms with E-state index in [0.29, 0.717) is 18.7 Å². The summed E-state index contributed by atoms with van der Waals surface area (Å²) in [5, 5.41) is 8.76. The number of sulfonamides is 1. The molecule has 1 aromatic rings. The number of piperazine rings is 1. The van der Waals surface area contributed by atoms with E-state index in [1.54, 1.807) is 0 Å². The Morgan fingerprint density at radius 2 is 1.65 bits per heavy atom. The predicted octanol–water partition coefficient (Wildman–Crippen LogP) is 1.27.